The van der Waals surface area contributed by atoms with Crippen molar-refractivity contribution in [2.75, 3.05) is 0 Å². The molecule has 46 heavy (non-hydrogen) atoms. The van der Waals surface area contributed by atoms with Crippen LogP contribution >= 0.6 is 0 Å². The third-order valence-electron chi connectivity index (χ3n) is 14.0. The normalized spacial score (nSPS) is 45.0. The van der Waals surface area contributed by atoms with Crippen molar-refractivity contribution in [1.82, 2.24) is 0 Å². The summed E-state index contributed by atoms with van der Waals surface area (Å²) in [5.41, 5.74) is -0.203. The lowest BCUT2D eigenvalue weighted by Gasteiger charge is -2.63. The summed E-state index contributed by atoms with van der Waals surface area (Å²) in [5, 5.41) is 0. The molecule has 0 spiro atoms. The number of hydrogen-bond acceptors (Lipinski definition) is 12. The van der Waals surface area contributed by atoms with Crippen LogP contribution in [0.25, 0.3) is 0 Å². The molecule has 15 heteroatoms. The third kappa shape index (κ3) is 6.50. The van der Waals surface area contributed by atoms with Crippen molar-refractivity contribution in [3.63, 3.8) is 0 Å². The molecule has 0 N–H and O–H groups in total. The predicted octanol–water partition coefficient (Wildman–Crippen LogP) is 4.81. The van der Waals surface area contributed by atoms with E-state index >= 15 is 0 Å². The Morgan fingerprint density at radius 1 is 0.826 bits per heavy atom. The Morgan fingerprint density at radius 3 is 1.89 bits per heavy atom. The Morgan fingerprint density at radius 2 is 1.37 bits per heavy atom. The fourth-order valence-electron chi connectivity index (χ4n) is 11.2. The minimum absolute atomic E-state index is 0.157. The Hall–Kier alpha value is -0.650. The fourth-order valence-corrected chi connectivity index (χ4v) is 12.8. The van der Waals surface area contributed by atoms with Gasteiger partial charge in [0.2, 0.25) is 31.2 Å². The first kappa shape index (κ1) is 36.6. The van der Waals surface area contributed by atoms with Crippen molar-refractivity contribution in [2.45, 2.75) is 125 Å². The molecule has 0 aromatic rings. The number of fused-ring (bicyclic) bond motifs is 5. The van der Waals surface area contributed by atoms with E-state index in [1.165, 1.54) is 12.8 Å². The van der Waals surface area contributed by atoms with Gasteiger partial charge in [-0.3, -0.25) is 12.5 Å². The van der Waals surface area contributed by atoms with Crippen LogP contribution in [0.2, 0.25) is 0 Å². The van der Waals surface area contributed by atoms with Gasteiger partial charge < -0.3 is 13.7 Å². The molecular formula is C31H49O12S3-3. The molecule has 12 atom stereocenters. The van der Waals surface area contributed by atoms with Gasteiger partial charge in [-0.05, 0) is 115 Å². The topological polar surface area (TPSA) is 199 Å². The molecule has 0 saturated heterocycles. The molecule has 0 aromatic heterocycles. The van der Waals surface area contributed by atoms with Crippen LogP contribution in [0.1, 0.15) is 106 Å². The first-order valence-corrected chi connectivity index (χ1v) is 20.5. The molecule has 0 amide bonds. The summed E-state index contributed by atoms with van der Waals surface area (Å²) in [7, 11) is -15.9. The first-order chi connectivity index (χ1) is 20.9. The number of rotatable bonds is 11. The van der Waals surface area contributed by atoms with E-state index in [2.05, 4.69) is 51.8 Å². The lowest BCUT2D eigenvalue weighted by atomic mass is 9.43. The summed E-state index contributed by atoms with van der Waals surface area (Å²) < 4.78 is 121. The second kappa shape index (κ2) is 11.7. The van der Waals surface area contributed by atoms with Gasteiger partial charge >= 0.3 is 0 Å². The van der Waals surface area contributed by atoms with E-state index in [1.807, 2.05) is 0 Å². The second-order valence-corrected chi connectivity index (χ2v) is 19.3. The van der Waals surface area contributed by atoms with Gasteiger partial charge in [-0.2, -0.15) is 0 Å². The minimum Gasteiger partial charge on any atom is -0.726 e. The van der Waals surface area contributed by atoms with Crippen molar-refractivity contribution in [3.8, 4) is 0 Å². The molecule has 12 unspecified atom stereocenters. The molecule has 4 fully saturated rings. The SMILES string of the molecule is CC(CCC1(C(C)C)CC1C)C1CCC2(C)C3CC(OS(=O)(=O)[O-])C4CC(OS(=O)(=O)[O-])C(OS(=O)(=O)[O-])CC4(C)C3=CCC12C. The van der Waals surface area contributed by atoms with Crippen LogP contribution in [0.15, 0.2) is 11.6 Å². The average molecular weight is 710 g/mol. The van der Waals surface area contributed by atoms with Crippen molar-refractivity contribution < 1.29 is 51.5 Å². The molecule has 0 aliphatic heterocycles. The third-order valence-corrected chi connectivity index (χ3v) is 15.5. The zero-order valence-electron chi connectivity index (χ0n) is 27.8. The number of hydrogen-bond donors (Lipinski definition) is 0. The molecule has 4 saturated carbocycles. The highest BCUT2D eigenvalue weighted by Crippen LogP contribution is 2.72. The summed E-state index contributed by atoms with van der Waals surface area (Å²) in [6, 6.07) is 0. The summed E-state index contributed by atoms with van der Waals surface area (Å²) in [6.45, 7) is 15.6. The van der Waals surface area contributed by atoms with Gasteiger partial charge in [0.1, 0.15) is 12.2 Å². The zero-order valence-corrected chi connectivity index (χ0v) is 30.2. The summed E-state index contributed by atoms with van der Waals surface area (Å²) in [4.78, 5) is 0. The van der Waals surface area contributed by atoms with Crippen LogP contribution in [0.4, 0.5) is 0 Å². The fraction of sp³-hybridized carbons (Fsp3) is 0.935. The Bertz CT molecular complexity index is 1560. The van der Waals surface area contributed by atoms with Crippen LogP contribution in [-0.2, 0) is 43.7 Å². The van der Waals surface area contributed by atoms with Gasteiger partial charge in [0.25, 0.3) is 0 Å². The van der Waals surface area contributed by atoms with Crippen molar-refractivity contribution in [1.29, 1.82) is 0 Å². The maximum atomic E-state index is 12.0. The summed E-state index contributed by atoms with van der Waals surface area (Å²) in [6.07, 6.45) is 3.28. The molecule has 266 valence electrons. The highest BCUT2D eigenvalue weighted by molar-refractivity contribution is 7.81. The highest BCUT2D eigenvalue weighted by Gasteiger charge is 2.66. The minimum atomic E-state index is -5.37. The Balaban J connectivity index is 1.51. The monoisotopic (exact) mass is 709 g/mol. The number of allylic oxidation sites excluding steroid dienone is 2. The van der Waals surface area contributed by atoms with Gasteiger partial charge in [0.05, 0.1) is 6.10 Å². The second-order valence-electron chi connectivity index (χ2n) is 16.2. The summed E-state index contributed by atoms with van der Waals surface area (Å²) >= 11 is 0. The van der Waals surface area contributed by atoms with E-state index in [4.69, 9.17) is 8.37 Å². The van der Waals surface area contributed by atoms with E-state index in [0.717, 1.165) is 37.2 Å². The Labute approximate surface area is 275 Å². The molecule has 5 rings (SSSR count). The first-order valence-electron chi connectivity index (χ1n) is 16.5. The zero-order chi connectivity index (χ0) is 34.5. The maximum absolute atomic E-state index is 12.0. The Kier molecular flexibility index (Phi) is 9.33. The lowest BCUT2D eigenvalue weighted by Crippen LogP contribution is -2.60. The average Bonchev–Trinajstić information content (AvgIpc) is 3.45. The van der Waals surface area contributed by atoms with Crippen molar-refractivity contribution >= 4 is 31.2 Å². The van der Waals surface area contributed by atoms with Crippen LogP contribution in [0.5, 0.6) is 0 Å². The predicted molar refractivity (Wildman–Crippen MR) is 164 cm³/mol. The van der Waals surface area contributed by atoms with Gasteiger partial charge in [-0.25, -0.2) is 25.3 Å². The maximum Gasteiger partial charge on any atom is 0.217 e. The van der Waals surface area contributed by atoms with Gasteiger partial charge in [-0.1, -0.05) is 60.1 Å². The standard InChI is InChI=1S/C31H52O12S3/c1-18(2)31(16-20(31)4)13-8-19(3)21-9-11-30(7)23-14-25(41-44(32,33)34)24-15-26(42-45(35,36)37)27(43-46(38,39)40)17-28(24,5)22(23)10-12-29(21,30)6/h10,18-21,23-27H,8-9,11-17H2,1-7H3,(H,32,33,34)(H,35,36,37)(H,38,39,40)/p-3. The van der Waals surface area contributed by atoms with Crippen molar-refractivity contribution in [3.05, 3.63) is 11.6 Å². The lowest BCUT2D eigenvalue weighted by molar-refractivity contribution is -0.122. The van der Waals surface area contributed by atoms with E-state index in [1.54, 1.807) is 6.92 Å². The highest BCUT2D eigenvalue weighted by atomic mass is 32.3. The molecule has 5 aliphatic carbocycles. The van der Waals surface area contributed by atoms with Crippen LogP contribution < -0.4 is 0 Å². The molecule has 0 heterocycles. The van der Waals surface area contributed by atoms with Gasteiger partial charge in [-0.15, -0.1) is 0 Å². The quantitative estimate of drug-likeness (QED) is 0.161. The largest absolute Gasteiger partial charge is 0.726 e. The van der Waals surface area contributed by atoms with Gasteiger partial charge in [0, 0.05) is 0 Å². The van der Waals surface area contributed by atoms with E-state index in [-0.39, 0.29) is 36.0 Å². The van der Waals surface area contributed by atoms with Crippen LogP contribution in [-0.4, -0.2) is 57.2 Å². The molecule has 0 aromatic carbocycles. The molecule has 12 nitrogen and oxygen atoms in total. The molecule has 5 aliphatic rings. The summed E-state index contributed by atoms with van der Waals surface area (Å²) in [5.74, 6) is 1.11. The van der Waals surface area contributed by atoms with E-state index in [0.29, 0.717) is 23.2 Å². The van der Waals surface area contributed by atoms with Gasteiger partial charge in [0.15, 0.2) is 0 Å². The van der Waals surface area contributed by atoms with Crippen LogP contribution in [0, 0.1) is 57.2 Å². The van der Waals surface area contributed by atoms with Crippen LogP contribution in [0.3, 0.4) is 0 Å². The molecule has 0 radical (unpaired) electrons. The van der Waals surface area contributed by atoms with E-state index < -0.39 is 60.8 Å². The van der Waals surface area contributed by atoms with Crippen molar-refractivity contribution in [2.24, 2.45) is 57.2 Å². The smallest absolute Gasteiger partial charge is 0.217 e. The molecular weight excluding hydrogens is 661 g/mol. The molecule has 0 bridgehead atoms. The van der Waals surface area contributed by atoms with E-state index in [9.17, 15) is 38.9 Å².